The number of rotatable bonds is 51. The van der Waals surface area contributed by atoms with Crippen LogP contribution in [0.5, 0.6) is 0 Å². The molecule has 0 bridgehead atoms. The average Bonchev–Trinajstić information content (AvgIpc) is 3.33. The van der Waals surface area contributed by atoms with E-state index < -0.39 is 47.7 Å². The van der Waals surface area contributed by atoms with Crippen LogP contribution in [0, 0.1) is 0 Å². The lowest BCUT2D eigenvalue weighted by Gasteiger charge is -2.15. The molecule has 24 heteroatoms. The van der Waals surface area contributed by atoms with Gasteiger partial charge in [-0.25, -0.2) is 10.2 Å². The van der Waals surface area contributed by atoms with Crippen molar-refractivity contribution >= 4 is 53.4 Å². The number of aliphatic carboxylic acids is 3. The Balaban J connectivity index is 3.62. The van der Waals surface area contributed by atoms with Gasteiger partial charge in [-0.05, 0) is 51.4 Å². The molecule has 71 heavy (non-hydrogen) atoms. The second kappa shape index (κ2) is 47.3. The van der Waals surface area contributed by atoms with Crippen molar-refractivity contribution in [2.24, 2.45) is 5.84 Å². The van der Waals surface area contributed by atoms with Gasteiger partial charge in [0.05, 0.1) is 39.6 Å². The van der Waals surface area contributed by atoms with E-state index in [1.165, 1.54) is 38.5 Å². The molecule has 24 nitrogen and oxygen atoms in total. The van der Waals surface area contributed by atoms with Crippen LogP contribution >= 0.6 is 0 Å². The summed E-state index contributed by atoms with van der Waals surface area (Å²) in [6.07, 6.45) is 15.9. The summed E-state index contributed by atoms with van der Waals surface area (Å²) in [7, 11) is 0. The number of hydrogen-bond acceptors (Lipinski definition) is 15. The van der Waals surface area contributed by atoms with Crippen molar-refractivity contribution in [1.29, 1.82) is 0 Å². The Morgan fingerprint density at radius 1 is 0.352 bits per heavy atom. The monoisotopic (exact) mass is 1020 g/mol. The van der Waals surface area contributed by atoms with Crippen molar-refractivity contribution in [3.8, 4) is 0 Å². The summed E-state index contributed by atoms with van der Waals surface area (Å²) in [5, 5.41) is 42.9. The molecule has 410 valence electrons. The van der Waals surface area contributed by atoms with Crippen LogP contribution in [0.3, 0.4) is 0 Å². The second-order valence-electron chi connectivity index (χ2n) is 17.0. The smallest absolute Gasteiger partial charge is 0.326 e. The quantitative estimate of drug-likeness (QED) is 0.0231. The molecular weight excluding hydrogens is 933 g/mol. The molecule has 12 N–H and O–H groups in total. The van der Waals surface area contributed by atoms with Gasteiger partial charge in [0.1, 0.15) is 25.3 Å². The molecule has 0 spiro atoms. The Morgan fingerprint density at radius 3 is 1.21 bits per heavy atom. The number of amides is 6. The summed E-state index contributed by atoms with van der Waals surface area (Å²) >= 11 is 0. The number of carboxylic acids is 3. The fourth-order valence-electron chi connectivity index (χ4n) is 6.72. The molecule has 0 aliphatic heterocycles. The maximum atomic E-state index is 12.3. The van der Waals surface area contributed by atoms with Crippen LogP contribution in [-0.4, -0.2) is 166 Å². The minimum atomic E-state index is -1.29. The number of nitrogens with one attached hydrogen (secondary N) is 7. The summed E-state index contributed by atoms with van der Waals surface area (Å²) < 4.78 is 21.3. The van der Waals surface area contributed by atoms with E-state index in [-0.39, 0.29) is 129 Å². The van der Waals surface area contributed by atoms with Gasteiger partial charge in [0.2, 0.25) is 35.4 Å². The minimum Gasteiger partial charge on any atom is -0.481 e. The molecule has 0 unspecified atom stereocenters. The number of carboxylic acid groups (broad SMARTS) is 3. The lowest BCUT2D eigenvalue weighted by Crippen LogP contribution is -2.42. The Morgan fingerprint density at radius 2 is 0.732 bits per heavy atom. The van der Waals surface area contributed by atoms with Crippen molar-refractivity contribution in [3.05, 3.63) is 0 Å². The molecular formula is C47H86N8O16. The van der Waals surface area contributed by atoms with Crippen molar-refractivity contribution in [2.75, 3.05) is 85.6 Å². The van der Waals surface area contributed by atoms with Crippen LogP contribution in [0.1, 0.15) is 148 Å². The normalized spacial score (nSPS) is 11.8. The van der Waals surface area contributed by atoms with Gasteiger partial charge in [0, 0.05) is 64.8 Å². The number of carbonyl (C=O) groups is 9. The van der Waals surface area contributed by atoms with E-state index in [9.17, 15) is 48.3 Å². The molecule has 0 aromatic carbocycles. The van der Waals surface area contributed by atoms with Crippen LogP contribution in [-0.2, 0) is 62.1 Å². The van der Waals surface area contributed by atoms with Gasteiger partial charge in [-0.2, -0.15) is 0 Å². The Hall–Kier alpha value is -5.01. The van der Waals surface area contributed by atoms with Crippen molar-refractivity contribution in [2.45, 2.75) is 160 Å². The Kier molecular flexibility index (Phi) is 44.0. The standard InChI is InChI=1S/C47H86N8O16/c48-55-38(47(66)67)17-13-14-24-49-41(58)23-22-37(46(64)65)54-42(59)20-16-26-51-43(60)35-70-33-32-69-30-28-53-44(61)36-71-34-31-68-29-27-52-40(57)19-15-25-50-39(56)18-11-9-7-5-3-1-2-4-6-8-10-12-21-45(62)63/h37-38,55H,1-36,48H2,(H,49,58)(H,50,56)(H,51,60)(H,52,57)(H,53,61)(H,54,59)(H,62,63)(H,64,65)(H,66,67)/t37-,38-/m0/s1. The predicted octanol–water partition coefficient (Wildman–Crippen LogP) is 1.18. The van der Waals surface area contributed by atoms with Crippen molar-refractivity contribution in [3.63, 3.8) is 0 Å². The van der Waals surface area contributed by atoms with E-state index in [4.69, 9.17) is 35.0 Å². The van der Waals surface area contributed by atoms with E-state index in [1.807, 2.05) is 0 Å². The molecule has 0 heterocycles. The molecule has 0 aromatic heterocycles. The number of nitrogens with two attached hydrogens (primary N) is 1. The largest absolute Gasteiger partial charge is 0.481 e. The predicted molar refractivity (Wildman–Crippen MR) is 260 cm³/mol. The first-order chi connectivity index (χ1) is 34.2. The van der Waals surface area contributed by atoms with Crippen molar-refractivity contribution < 1.29 is 77.4 Å². The Bertz CT molecular complexity index is 1490. The fourth-order valence-corrected chi connectivity index (χ4v) is 6.72. The summed E-state index contributed by atoms with van der Waals surface area (Å²) in [4.78, 5) is 105. The Labute approximate surface area is 418 Å². The zero-order chi connectivity index (χ0) is 52.6. The van der Waals surface area contributed by atoms with Crippen LogP contribution < -0.4 is 43.2 Å². The highest BCUT2D eigenvalue weighted by Crippen LogP contribution is 2.13. The molecule has 0 aromatic rings. The topological polar surface area (TPSA) is 361 Å². The van der Waals surface area contributed by atoms with Crippen LogP contribution in [0.25, 0.3) is 0 Å². The third-order valence-electron chi connectivity index (χ3n) is 10.7. The van der Waals surface area contributed by atoms with E-state index in [0.717, 1.165) is 38.5 Å². The SMILES string of the molecule is NN[C@@H](CCCCNC(=O)CC[C@H](NC(=O)CCCNC(=O)COCCOCCNC(=O)COCCOCCNC(=O)CCCNC(=O)CCCCCCCCCCCCCCC(=O)O)C(=O)O)C(=O)O. The minimum absolute atomic E-state index is 0.0103. The van der Waals surface area contributed by atoms with Gasteiger partial charge in [0.15, 0.2) is 0 Å². The molecule has 0 rings (SSSR count). The lowest BCUT2D eigenvalue weighted by molar-refractivity contribution is -0.142. The number of hydrazine groups is 1. The molecule has 0 fully saturated rings. The summed E-state index contributed by atoms with van der Waals surface area (Å²) in [5.41, 5.74) is 2.19. The maximum absolute atomic E-state index is 12.3. The lowest BCUT2D eigenvalue weighted by atomic mass is 10.0. The fraction of sp³-hybridized carbons (Fsp3) is 0.809. The number of carbonyl (C=O) groups excluding carboxylic acids is 6. The maximum Gasteiger partial charge on any atom is 0.326 e. The number of unbranched alkanes of at least 4 members (excludes halogenated alkanes) is 12. The van der Waals surface area contributed by atoms with Gasteiger partial charge in [-0.3, -0.25) is 44.2 Å². The first kappa shape index (κ1) is 66.0. The van der Waals surface area contributed by atoms with Crippen molar-refractivity contribution in [1.82, 2.24) is 37.3 Å². The van der Waals surface area contributed by atoms with Crippen LogP contribution in [0.15, 0.2) is 0 Å². The van der Waals surface area contributed by atoms with E-state index in [1.54, 1.807) is 0 Å². The highest BCUT2D eigenvalue weighted by atomic mass is 16.5. The third-order valence-corrected chi connectivity index (χ3v) is 10.7. The number of hydrogen-bond donors (Lipinski definition) is 11. The van der Waals surface area contributed by atoms with Gasteiger partial charge in [-0.1, -0.05) is 64.2 Å². The van der Waals surface area contributed by atoms with E-state index in [0.29, 0.717) is 45.2 Å². The van der Waals surface area contributed by atoms with Gasteiger partial charge >= 0.3 is 17.9 Å². The number of ether oxygens (including phenoxy) is 4. The highest BCUT2D eigenvalue weighted by molar-refractivity contribution is 5.84. The zero-order valence-electron chi connectivity index (χ0n) is 41.8. The molecule has 0 radical (unpaired) electrons. The zero-order valence-corrected chi connectivity index (χ0v) is 41.8. The summed E-state index contributed by atoms with van der Waals surface area (Å²) in [6.45, 7) is 2.25. The third kappa shape index (κ3) is 45.9. The first-order valence-corrected chi connectivity index (χ1v) is 25.3. The van der Waals surface area contributed by atoms with Gasteiger partial charge in [-0.15, -0.1) is 0 Å². The molecule has 6 amide bonds. The van der Waals surface area contributed by atoms with Gasteiger partial charge in [0.25, 0.3) is 0 Å². The van der Waals surface area contributed by atoms with E-state index >= 15 is 0 Å². The van der Waals surface area contributed by atoms with Crippen LogP contribution in [0.2, 0.25) is 0 Å². The summed E-state index contributed by atoms with van der Waals surface area (Å²) in [6, 6.07) is -2.16. The molecule has 2 atom stereocenters. The molecule has 0 saturated carbocycles. The second-order valence-corrected chi connectivity index (χ2v) is 17.0. The van der Waals surface area contributed by atoms with Gasteiger partial charge < -0.3 is 66.2 Å². The average molecular weight is 1020 g/mol. The highest BCUT2D eigenvalue weighted by Gasteiger charge is 2.21. The molecule has 0 aliphatic carbocycles. The first-order valence-electron chi connectivity index (χ1n) is 25.3. The molecule has 0 aliphatic rings. The van der Waals surface area contributed by atoms with Crippen LogP contribution in [0.4, 0.5) is 0 Å². The molecule has 0 saturated heterocycles. The summed E-state index contributed by atoms with van der Waals surface area (Å²) in [5.74, 6) is 0.272. The van der Waals surface area contributed by atoms with E-state index in [2.05, 4.69) is 37.3 Å².